The first-order chi connectivity index (χ1) is 9.26. The summed E-state index contributed by atoms with van der Waals surface area (Å²) < 4.78 is 36.3. The summed E-state index contributed by atoms with van der Waals surface area (Å²) >= 11 is 0. The standard InChI is InChI=1S/C14H22F3N3/c1-11(2)18-8-12-4-5-13(19-9-12)10-20(3)7-6-14(15,16)17/h4-5,9,11,18H,6-8,10H2,1-3H3. The summed E-state index contributed by atoms with van der Waals surface area (Å²) in [5.41, 5.74) is 1.85. The van der Waals surface area contributed by atoms with Gasteiger partial charge in [0.25, 0.3) is 0 Å². The third-order valence-electron chi connectivity index (χ3n) is 2.81. The van der Waals surface area contributed by atoms with Crippen LogP contribution in [0, 0.1) is 0 Å². The Hall–Kier alpha value is -1.14. The lowest BCUT2D eigenvalue weighted by molar-refractivity contribution is -0.137. The zero-order chi connectivity index (χ0) is 15.2. The highest BCUT2D eigenvalue weighted by atomic mass is 19.4. The molecule has 1 rings (SSSR count). The van der Waals surface area contributed by atoms with Crippen LogP contribution in [-0.4, -0.2) is 35.7 Å². The lowest BCUT2D eigenvalue weighted by Crippen LogP contribution is -2.24. The summed E-state index contributed by atoms with van der Waals surface area (Å²) in [4.78, 5) is 5.90. The largest absolute Gasteiger partial charge is 0.390 e. The van der Waals surface area contributed by atoms with Gasteiger partial charge in [-0.3, -0.25) is 4.98 Å². The predicted octanol–water partition coefficient (Wildman–Crippen LogP) is 2.96. The van der Waals surface area contributed by atoms with Crippen molar-refractivity contribution in [2.45, 2.75) is 45.6 Å². The molecular formula is C14H22F3N3. The molecule has 20 heavy (non-hydrogen) atoms. The number of pyridine rings is 1. The summed E-state index contributed by atoms with van der Waals surface area (Å²) in [6, 6.07) is 4.22. The molecule has 0 saturated carbocycles. The van der Waals surface area contributed by atoms with E-state index >= 15 is 0 Å². The molecule has 0 aliphatic heterocycles. The number of hydrogen-bond donors (Lipinski definition) is 1. The lowest BCUT2D eigenvalue weighted by atomic mass is 10.2. The molecule has 3 nitrogen and oxygen atoms in total. The van der Waals surface area contributed by atoms with E-state index in [1.807, 2.05) is 12.1 Å². The van der Waals surface area contributed by atoms with Gasteiger partial charge in [0.15, 0.2) is 0 Å². The molecule has 0 fully saturated rings. The quantitative estimate of drug-likeness (QED) is 0.836. The van der Waals surface area contributed by atoms with Crippen molar-refractivity contribution in [2.75, 3.05) is 13.6 Å². The molecule has 1 heterocycles. The van der Waals surface area contributed by atoms with Gasteiger partial charge in [-0.2, -0.15) is 13.2 Å². The molecule has 6 heteroatoms. The fourth-order valence-corrected chi connectivity index (χ4v) is 1.65. The van der Waals surface area contributed by atoms with Crippen molar-refractivity contribution in [1.29, 1.82) is 0 Å². The minimum Gasteiger partial charge on any atom is -0.310 e. The van der Waals surface area contributed by atoms with Gasteiger partial charge in [-0.1, -0.05) is 19.9 Å². The van der Waals surface area contributed by atoms with Gasteiger partial charge in [0.1, 0.15) is 0 Å². The number of rotatable bonds is 7. The van der Waals surface area contributed by atoms with E-state index in [0.717, 1.165) is 17.8 Å². The number of halogens is 3. The second-order valence-corrected chi connectivity index (χ2v) is 5.30. The molecule has 1 N–H and O–H groups in total. The Morgan fingerprint density at radius 1 is 1.30 bits per heavy atom. The highest BCUT2D eigenvalue weighted by Crippen LogP contribution is 2.19. The van der Waals surface area contributed by atoms with Crippen molar-refractivity contribution in [3.8, 4) is 0 Å². The third kappa shape index (κ3) is 7.45. The van der Waals surface area contributed by atoms with Gasteiger partial charge in [-0.25, -0.2) is 0 Å². The summed E-state index contributed by atoms with van der Waals surface area (Å²) in [5, 5.41) is 3.28. The van der Waals surface area contributed by atoms with E-state index in [4.69, 9.17) is 0 Å². The maximum Gasteiger partial charge on any atom is 0.390 e. The van der Waals surface area contributed by atoms with Gasteiger partial charge >= 0.3 is 6.18 Å². The number of nitrogens with one attached hydrogen (secondary N) is 1. The van der Waals surface area contributed by atoms with Crippen LogP contribution in [0.3, 0.4) is 0 Å². The molecular weight excluding hydrogens is 267 g/mol. The maximum absolute atomic E-state index is 12.1. The van der Waals surface area contributed by atoms with Crippen LogP contribution in [0.2, 0.25) is 0 Å². The van der Waals surface area contributed by atoms with Crippen LogP contribution in [0.4, 0.5) is 13.2 Å². The smallest absolute Gasteiger partial charge is 0.310 e. The molecule has 0 saturated heterocycles. The minimum atomic E-state index is -4.10. The molecule has 0 radical (unpaired) electrons. The molecule has 0 atom stereocenters. The summed E-state index contributed by atoms with van der Waals surface area (Å²) in [7, 11) is 1.67. The van der Waals surface area contributed by atoms with Crippen molar-refractivity contribution in [3.63, 3.8) is 0 Å². The summed E-state index contributed by atoms with van der Waals surface area (Å²) in [6.07, 6.45) is -3.13. The average Bonchev–Trinajstić information content (AvgIpc) is 2.35. The fraction of sp³-hybridized carbons (Fsp3) is 0.643. The van der Waals surface area contributed by atoms with Gasteiger partial charge in [0.2, 0.25) is 0 Å². The molecule has 1 aromatic rings. The van der Waals surface area contributed by atoms with E-state index in [9.17, 15) is 13.2 Å². The Morgan fingerprint density at radius 3 is 2.50 bits per heavy atom. The average molecular weight is 289 g/mol. The number of aromatic nitrogens is 1. The molecule has 0 bridgehead atoms. The van der Waals surface area contributed by atoms with Crippen LogP contribution in [0.5, 0.6) is 0 Å². The van der Waals surface area contributed by atoms with Crippen LogP contribution < -0.4 is 5.32 Å². The fourth-order valence-electron chi connectivity index (χ4n) is 1.65. The van der Waals surface area contributed by atoms with Crippen molar-refractivity contribution < 1.29 is 13.2 Å². The normalized spacial score (nSPS) is 12.4. The number of alkyl halides is 3. The Morgan fingerprint density at radius 2 is 2.00 bits per heavy atom. The first-order valence-electron chi connectivity index (χ1n) is 6.69. The predicted molar refractivity (Wildman–Crippen MR) is 73.2 cm³/mol. The second kappa shape index (κ2) is 7.59. The third-order valence-corrected chi connectivity index (χ3v) is 2.81. The van der Waals surface area contributed by atoms with Crippen molar-refractivity contribution in [2.24, 2.45) is 0 Å². The minimum absolute atomic E-state index is 0.0121. The van der Waals surface area contributed by atoms with E-state index in [-0.39, 0.29) is 6.54 Å². The van der Waals surface area contributed by atoms with Gasteiger partial charge < -0.3 is 10.2 Å². The molecule has 0 aromatic carbocycles. The topological polar surface area (TPSA) is 28.2 Å². The van der Waals surface area contributed by atoms with E-state index in [2.05, 4.69) is 24.1 Å². The van der Waals surface area contributed by atoms with Crippen molar-refractivity contribution in [3.05, 3.63) is 29.6 Å². The lowest BCUT2D eigenvalue weighted by Gasteiger charge is -2.17. The maximum atomic E-state index is 12.1. The Bertz CT molecular complexity index is 388. The van der Waals surface area contributed by atoms with Gasteiger partial charge in [-0.05, 0) is 18.7 Å². The summed E-state index contributed by atoms with van der Waals surface area (Å²) in [6.45, 7) is 5.29. The molecule has 0 aliphatic rings. The molecule has 114 valence electrons. The van der Waals surface area contributed by atoms with E-state index in [1.165, 1.54) is 0 Å². The zero-order valence-corrected chi connectivity index (χ0v) is 12.2. The van der Waals surface area contributed by atoms with E-state index in [0.29, 0.717) is 12.6 Å². The highest BCUT2D eigenvalue weighted by molar-refractivity contribution is 5.14. The molecule has 0 spiro atoms. The SMILES string of the molecule is CC(C)NCc1ccc(CN(C)CCC(F)(F)F)nc1. The molecule has 1 aromatic heterocycles. The van der Waals surface area contributed by atoms with Crippen LogP contribution in [0.15, 0.2) is 18.3 Å². The highest BCUT2D eigenvalue weighted by Gasteiger charge is 2.27. The van der Waals surface area contributed by atoms with Crippen molar-refractivity contribution in [1.82, 2.24) is 15.2 Å². The first kappa shape index (κ1) is 16.9. The number of nitrogens with zero attached hydrogens (tertiary/aromatic N) is 2. The zero-order valence-electron chi connectivity index (χ0n) is 12.2. The van der Waals surface area contributed by atoms with E-state index < -0.39 is 12.6 Å². The van der Waals surface area contributed by atoms with E-state index in [1.54, 1.807) is 18.1 Å². The second-order valence-electron chi connectivity index (χ2n) is 5.30. The number of hydrogen-bond acceptors (Lipinski definition) is 3. The van der Waals surface area contributed by atoms with Crippen LogP contribution in [0.25, 0.3) is 0 Å². The van der Waals surface area contributed by atoms with Gasteiger partial charge in [0, 0.05) is 31.9 Å². The van der Waals surface area contributed by atoms with Crippen LogP contribution in [0.1, 0.15) is 31.5 Å². The monoisotopic (exact) mass is 289 g/mol. The molecule has 0 unspecified atom stereocenters. The molecule has 0 aliphatic carbocycles. The first-order valence-corrected chi connectivity index (χ1v) is 6.69. The van der Waals surface area contributed by atoms with Gasteiger partial charge in [-0.15, -0.1) is 0 Å². The summed E-state index contributed by atoms with van der Waals surface area (Å²) in [5.74, 6) is 0. The molecule has 0 amide bonds. The Labute approximate surface area is 118 Å². The Balaban J connectivity index is 2.40. The van der Waals surface area contributed by atoms with Gasteiger partial charge in [0.05, 0.1) is 12.1 Å². The van der Waals surface area contributed by atoms with Crippen molar-refractivity contribution >= 4 is 0 Å². The van der Waals surface area contributed by atoms with Crippen LogP contribution in [-0.2, 0) is 13.1 Å². The Kier molecular flexibility index (Phi) is 6.42. The van der Waals surface area contributed by atoms with Crippen LogP contribution >= 0.6 is 0 Å².